The first-order valence-corrected chi connectivity index (χ1v) is 24.4. The highest BCUT2D eigenvalue weighted by atomic mass is 16.5. The van der Waals surface area contributed by atoms with Gasteiger partial charge < -0.3 is 20.3 Å². The van der Waals surface area contributed by atoms with Gasteiger partial charge in [-0.2, -0.15) is 0 Å². The molecule has 55 heavy (non-hydrogen) atoms. The predicted octanol–water partition coefficient (Wildman–Crippen LogP) is 14.2. The molecule has 0 heterocycles. The van der Waals surface area contributed by atoms with Crippen molar-refractivity contribution in [1.82, 2.24) is 5.32 Å². The van der Waals surface area contributed by atoms with E-state index >= 15 is 0 Å². The Balaban J connectivity index is 4.56. The van der Waals surface area contributed by atoms with Gasteiger partial charge in [0.05, 0.1) is 25.2 Å². The van der Waals surface area contributed by atoms with Crippen molar-refractivity contribution in [2.45, 2.75) is 283 Å². The van der Waals surface area contributed by atoms with Crippen LogP contribution in [0.2, 0.25) is 0 Å². The molecule has 3 N–H and O–H groups in total. The molecule has 0 aliphatic rings. The molecular weight excluding hydrogens is 683 g/mol. The molecule has 0 aromatic rings. The zero-order valence-electron chi connectivity index (χ0n) is 37.1. The molecule has 0 rings (SSSR count). The summed E-state index contributed by atoms with van der Waals surface area (Å²) in [7, 11) is 0. The molecule has 0 bridgehead atoms. The summed E-state index contributed by atoms with van der Waals surface area (Å²) in [5.41, 5.74) is 0. The van der Waals surface area contributed by atoms with Crippen LogP contribution in [0.15, 0.2) is 12.2 Å². The average Bonchev–Trinajstić information content (AvgIpc) is 3.18. The smallest absolute Gasteiger partial charge is 0.306 e. The quantitative estimate of drug-likeness (QED) is 0.0325. The summed E-state index contributed by atoms with van der Waals surface area (Å²) in [6.07, 6.45) is 47.0. The summed E-state index contributed by atoms with van der Waals surface area (Å²) in [6.45, 7) is 6.45. The zero-order valence-corrected chi connectivity index (χ0v) is 37.1. The van der Waals surface area contributed by atoms with Gasteiger partial charge in [-0.1, -0.05) is 213 Å². The molecule has 3 unspecified atom stereocenters. The molecule has 3 atom stereocenters. The topological polar surface area (TPSA) is 95.9 Å². The number of hydrogen-bond acceptors (Lipinski definition) is 5. The molecule has 0 aromatic carbocycles. The Morgan fingerprint density at radius 3 is 1.33 bits per heavy atom. The number of aliphatic hydroxyl groups excluding tert-OH is 2. The molecule has 6 heteroatoms. The number of carbonyl (C=O) groups excluding carboxylic acids is 2. The van der Waals surface area contributed by atoms with Crippen LogP contribution < -0.4 is 5.32 Å². The molecular formula is C49H95NO5. The van der Waals surface area contributed by atoms with Gasteiger partial charge in [0.1, 0.15) is 6.10 Å². The Bertz CT molecular complexity index is 832. The van der Waals surface area contributed by atoms with Crippen LogP contribution in [0.3, 0.4) is 0 Å². The molecule has 0 radical (unpaired) electrons. The van der Waals surface area contributed by atoms with Crippen LogP contribution in [0.25, 0.3) is 0 Å². The van der Waals surface area contributed by atoms with Crippen LogP contribution in [-0.4, -0.2) is 46.9 Å². The molecule has 6 nitrogen and oxygen atoms in total. The van der Waals surface area contributed by atoms with E-state index in [1.807, 2.05) is 0 Å². The minimum atomic E-state index is -0.781. The number of nitrogens with one attached hydrogen (secondary N) is 1. The molecule has 0 aromatic heterocycles. The van der Waals surface area contributed by atoms with Gasteiger partial charge in [-0.05, 0) is 51.4 Å². The van der Waals surface area contributed by atoms with Crippen LogP contribution in [0, 0.1) is 0 Å². The molecule has 0 aliphatic carbocycles. The molecule has 0 fully saturated rings. The lowest BCUT2D eigenvalue weighted by Crippen LogP contribution is -2.46. The number of carbonyl (C=O) groups is 2. The van der Waals surface area contributed by atoms with Crippen LogP contribution in [0.1, 0.15) is 265 Å². The third-order valence-electron chi connectivity index (χ3n) is 11.3. The van der Waals surface area contributed by atoms with Crippen molar-refractivity contribution in [3.63, 3.8) is 0 Å². The number of ether oxygens (including phenoxy) is 1. The van der Waals surface area contributed by atoms with Gasteiger partial charge in [0.25, 0.3) is 0 Å². The Kier molecular flexibility index (Phi) is 42.6. The lowest BCUT2D eigenvalue weighted by molar-refractivity contribution is -0.151. The monoisotopic (exact) mass is 778 g/mol. The molecule has 0 saturated heterocycles. The number of hydrogen-bond donors (Lipinski definition) is 3. The molecule has 1 amide bonds. The van der Waals surface area contributed by atoms with Gasteiger partial charge in [0.2, 0.25) is 5.91 Å². The van der Waals surface area contributed by atoms with Crippen molar-refractivity contribution in [2.24, 2.45) is 0 Å². The number of allylic oxidation sites excluding steroid dienone is 2. The van der Waals surface area contributed by atoms with Crippen molar-refractivity contribution in [1.29, 1.82) is 0 Å². The van der Waals surface area contributed by atoms with Gasteiger partial charge >= 0.3 is 5.97 Å². The van der Waals surface area contributed by atoms with E-state index in [1.54, 1.807) is 0 Å². The number of aliphatic hydroxyl groups is 2. The van der Waals surface area contributed by atoms with Gasteiger partial charge in [-0.15, -0.1) is 0 Å². The third kappa shape index (κ3) is 39.2. The molecule has 0 saturated carbocycles. The highest BCUT2D eigenvalue weighted by Gasteiger charge is 2.24. The summed E-state index contributed by atoms with van der Waals surface area (Å²) in [5.74, 6) is -0.471. The normalized spacial score (nSPS) is 13.3. The Labute approximate surface area is 342 Å². The van der Waals surface area contributed by atoms with Gasteiger partial charge in [-0.3, -0.25) is 9.59 Å². The molecule has 0 aliphatic heterocycles. The average molecular weight is 778 g/mol. The maximum Gasteiger partial charge on any atom is 0.306 e. The standard InChI is InChI=1S/C49H95NO5/c1-4-7-10-13-16-19-21-23-24-25-26-29-31-34-37-40-45(55-49(54)42-39-36-33-30-27-22-20-17-14-11-8-5-2)43-48(53)50-46(44-51)47(52)41-38-35-32-28-18-15-12-9-6-3/h17,20,45-47,51-52H,4-16,18-19,21-44H2,1-3H3,(H,50,53)/b20-17-. The lowest BCUT2D eigenvalue weighted by atomic mass is 10.0. The maximum absolute atomic E-state index is 13.1. The van der Waals surface area contributed by atoms with Crippen molar-refractivity contribution in [3.05, 3.63) is 12.2 Å². The first kappa shape index (κ1) is 53.6. The summed E-state index contributed by atoms with van der Waals surface area (Å²) in [5, 5.41) is 23.6. The largest absolute Gasteiger partial charge is 0.462 e. The van der Waals surface area contributed by atoms with E-state index in [-0.39, 0.29) is 24.9 Å². The lowest BCUT2D eigenvalue weighted by Gasteiger charge is -2.24. The first-order chi connectivity index (χ1) is 27.0. The van der Waals surface area contributed by atoms with E-state index in [0.29, 0.717) is 19.3 Å². The van der Waals surface area contributed by atoms with Gasteiger partial charge in [-0.25, -0.2) is 0 Å². The van der Waals surface area contributed by atoms with Crippen molar-refractivity contribution >= 4 is 11.9 Å². The Morgan fingerprint density at radius 1 is 0.509 bits per heavy atom. The summed E-state index contributed by atoms with van der Waals surface area (Å²) in [6, 6.07) is -0.694. The van der Waals surface area contributed by atoms with E-state index in [1.165, 1.54) is 161 Å². The minimum Gasteiger partial charge on any atom is -0.462 e. The molecule has 326 valence electrons. The van der Waals surface area contributed by atoms with Gasteiger partial charge in [0, 0.05) is 6.42 Å². The van der Waals surface area contributed by atoms with E-state index in [9.17, 15) is 19.8 Å². The zero-order chi connectivity index (χ0) is 40.3. The summed E-state index contributed by atoms with van der Waals surface area (Å²) >= 11 is 0. The fourth-order valence-electron chi connectivity index (χ4n) is 7.60. The SMILES string of the molecule is CCCCC/C=C\CCCCCCCC(=O)OC(CCCCCCCCCCCCCCCCC)CC(=O)NC(CO)C(O)CCCCCCCCCCC. The number of amides is 1. The highest BCUT2D eigenvalue weighted by molar-refractivity contribution is 5.77. The van der Waals surface area contributed by atoms with E-state index in [0.717, 1.165) is 57.8 Å². The fraction of sp³-hybridized carbons (Fsp3) is 0.918. The fourth-order valence-corrected chi connectivity index (χ4v) is 7.60. The van der Waals surface area contributed by atoms with Crippen molar-refractivity contribution in [2.75, 3.05) is 6.61 Å². The molecule has 0 spiro atoms. The van der Waals surface area contributed by atoms with Crippen LogP contribution in [-0.2, 0) is 14.3 Å². The Hall–Kier alpha value is -1.40. The number of esters is 1. The van der Waals surface area contributed by atoms with E-state index in [2.05, 4.69) is 38.2 Å². The highest BCUT2D eigenvalue weighted by Crippen LogP contribution is 2.18. The number of unbranched alkanes of at least 4 members (excludes halogenated alkanes) is 30. The third-order valence-corrected chi connectivity index (χ3v) is 11.3. The maximum atomic E-state index is 13.1. The second kappa shape index (κ2) is 43.7. The van der Waals surface area contributed by atoms with Crippen molar-refractivity contribution < 1.29 is 24.5 Å². The van der Waals surface area contributed by atoms with Crippen LogP contribution >= 0.6 is 0 Å². The first-order valence-electron chi connectivity index (χ1n) is 24.4. The van der Waals surface area contributed by atoms with Crippen molar-refractivity contribution in [3.8, 4) is 0 Å². The van der Waals surface area contributed by atoms with Crippen LogP contribution in [0.5, 0.6) is 0 Å². The minimum absolute atomic E-state index is 0.0809. The second-order valence-corrected chi connectivity index (χ2v) is 16.9. The number of rotatable bonds is 44. The van der Waals surface area contributed by atoms with E-state index in [4.69, 9.17) is 4.74 Å². The van der Waals surface area contributed by atoms with Gasteiger partial charge in [0.15, 0.2) is 0 Å². The summed E-state index contributed by atoms with van der Waals surface area (Å²) in [4.78, 5) is 26.0. The predicted molar refractivity (Wildman–Crippen MR) is 237 cm³/mol. The Morgan fingerprint density at radius 2 is 0.873 bits per heavy atom. The van der Waals surface area contributed by atoms with Crippen LogP contribution in [0.4, 0.5) is 0 Å². The second-order valence-electron chi connectivity index (χ2n) is 16.9. The summed E-state index contributed by atoms with van der Waals surface area (Å²) < 4.78 is 5.92. The van der Waals surface area contributed by atoms with E-state index < -0.39 is 18.2 Å².